The second-order valence-electron chi connectivity index (χ2n) is 6.60. The van der Waals surface area contributed by atoms with Crippen LogP contribution in [0.15, 0.2) is 53.4 Å². The van der Waals surface area contributed by atoms with Crippen LogP contribution in [0.5, 0.6) is 11.5 Å². The van der Waals surface area contributed by atoms with Crippen LogP contribution in [-0.4, -0.2) is 25.6 Å². The first kappa shape index (κ1) is 20.9. The minimum absolute atomic E-state index is 0.00599. The van der Waals surface area contributed by atoms with E-state index in [1.807, 2.05) is 6.92 Å². The van der Waals surface area contributed by atoms with Crippen molar-refractivity contribution in [1.82, 2.24) is 0 Å². The van der Waals surface area contributed by atoms with Crippen LogP contribution in [0.25, 0.3) is 0 Å². The first-order valence-electron chi connectivity index (χ1n) is 8.89. The third-order valence-electron chi connectivity index (χ3n) is 4.19. The normalized spacial score (nSPS) is 13.6. The van der Waals surface area contributed by atoms with Crippen LogP contribution in [0.1, 0.15) is 33.6 Å². The van der Waals surface area contributed by atoms with Crippen LogP contribution in [0.4, 0.5) is 5.69 Å². The van der Waals surface area contributed by atoms with E-state index in [0.29, 0.717) is 17.9 Å². The molecule has 0 radical (unpaired) electrons. The van der Waals surface area contributed by atoms with Crippen molar-refractivity contribution in [2.45, 2.75) is 44.0 Å². The molecule has 0 bridgehead atoms. The number of carbonyl (C=O) groups excluding carboxylic acids is 1. The molecule has 2 aromatic rings. The zero-order valence-electron chi connectivity index (χ0n) is 15.9. The number of nitrogens with two attached hydrogens (primary N) is 1. The van der Waals surface area contributed by atoms with Crippen molar-refractivity contribution in [2.24, 2.45) is 5.73 Å². The van der Waals surface area contributed by atoms with E-state index in [4.69, 9.17) is 10.5 Å². The first-order chi connectivity index (χ1) is 12.7. The van der Waals surface area contributed by atoms with Crippen molar-refractivity contribution < 1.29 is 17.9 Å². The number of hydrogen-bond donors (Lipinski definition) is 2. The Hall–Kier alpha value is -2.38. The van der Waals surface area contributed by atoms with E-state index in [9.17, 15) is 13.2 Å². The number of nitrogens with one attached hydrogen (secondary N) is 1. The number of sulfone groups is 1. The fraction of sp³-hybridized carbons (Fsp3) is 0.350. The number of anilines is 1. The highest BCUT2D eigenvalue weighted by atomic mass is 32.2. The molecule has 0 spiro atoms. The van der Waals surface area contributed by atoms with E-state index in [-0.39, 0.29) is 22.3 Å². The summed E-state index contributed by atoms with van der Waals surface area (Å²) in [7, 11) is -3.39. The maximum absolute atomic E-state index is 12.3. The Bertz CT molecular complexity index is 890. The topological polar surface area (TPSA) is 98.5 Å². The first-order valence-corrected chi connectivity index (χ1v) is 10.5. The van der Waals surface area contributed by atoms with Gasteiger partial charge in [0.1, 0.15) is 16.4 Å². The van der Waals surface area contributed by atoms with E-state index in [1.54, 1.807) is 56.3 Å². The Labute approximate surface area is 160 Å². The summed E-state index contributed by atoms with van der Waals surface area (Å²) < 4.78 is 30.1. The predicted molar refractivity (Wildman–Crippen MR) is 107 cm³/mol. The molecular weight excluding hydrogens is 364 g/mol. The predicted octanol–water partition coefficient (Wildman–Crippen LogP) is 3.73. The smallest absolute Gasteiger partial charge is 0.244 e. The monoisotopic (exact) mass is 390 g/mol. The zero-order chi connectivity index (χ0) is 20.1. The van der Waals surface area contributed by atoms with Crippen LogP contribution in [0, 0.1) is 0 Å². The summed E-state index contributed by atoms with van der Waals surface area (Å²) in [6.45, 7) is 5.27. The molecule has 0 saturated carbocycles. The van der Waals surface area contributed by atoms with Gasteiger partial charge in [-0.25, -0.2) is 8.42 Å². The average molecular weight is 391 g/mol. The molecule has 6 nitrogen and oxygen atoms in total. The summed E-state index contributed by atoms with van der Waals surface area (Å²) in [5, 5.41) is 2.79. The van der Waals surface area contributed by atoms with Gasteiger partial charge < -0.3 is 15.8 Å². The van der Waals surface area contributed by atoms with E-state index >= 15 is 0 Å². The molecule has 1 atom stereocenters. The number of hydrogen-bond acceptors (Lipinski definition) is 5. The Morgan fingerprint density at radius 1 is 1.11 bits per heavy atom. The summed E-state index contributed by atoms with van der Waals surface area (Å²) >= 11 is 0. The van der Waals surface area contributed by atoms with Crippen molar-refractivity contribution in [3.05, 3.63) is 48.5 Å². The lowest BCUT2D eigenvalue weighted by atomic mass is 9.96. The van der Waals surface area contributed by atoms with Gasteiger partial charge in [0.15, 0.2) is 9.84 Å². The molecule has 27 heavy (non-hydrogen) atoms. The van der Waals surface area contributed by atoms with E-state index in [2.05, 4.69) is 5.32 Å². The minimum atomic E-state index is -3.39. The lowest BCUT2D eigenvalue weighted by molar-refractivity contribution is -0.120. The van der Waals surface area contributed by atoms with Crippen molar-refractivity contribution in [1.29, 1.82) is 0 Å². The maximum Gasteiger partial charge on any atom is 0.244 e. The molecule has 0 aliphatic rings. The zero-order valence-corrected chi connectivity index (χ0v) is 16.7. The number of benzene rings is 2. The second kappa shape index (κ2) is 8.54. The molecule has 0 fully saturated rings. The van der Waals surface area contributed by atoms with Crippen molar-refractivity contribution in [3.8, 4) is 11.5 Å². The van der Waals surface area contributed by atoms with Gasteiger partial charge in [-0.05, 0) is 49.7 Å². The van der Waals surface area contributed by atoms with Gasteiger partial charge in [0, 0.05) is 5.69 Å². The summed E-state index contributed by atoms with van der Waals surface area (Å²) in [5.74, 6) is 0.482. The van der Waals surface area contributed by atoms with Gasteiger partial charge in [0.25, 0.3) is 0 Å². The molecular formula is C20H26N2O4S. The number of amides is 1. The quantitative estimate of drug-likeness (QED) is 0.716. The molecule has 1 amide bonds. The molecule has 0 heterocycles. The summed E-state index contributed by atoms with van der Waals surface area (Å²) in [5.41, 5.74) is 5.69. The van der Waals surface area contributed by atoms with Gasteiger partial charge in [-0.15, -0.1) is 0 Å². The fourth-order valence-corrected chi connectivity index (χ4v) is 3.60. The molecule has 3 N–H and O–H groups in total. The minimum Gasteiger partial charge on any atom is -0.456 e. The summed E-state index contributed by atoms with van der Waals surface area (Å²) in [6, 6.07) is 13.2. The Kier molecular flexibility index (Phi) is 6.62. The summed E-state index contributed by atoms with van der Waals surface area (Å²) in [6.07, 6.45) is 1.40. The van der Waals surface area contributed by atoms with Crippen molar-refractivity contribution >= 4 is 21.4 Å². The van der Waals surface area contributed by atoms with Gasteiger partial charge in [0.05, 0.1) is 11.3 Å². The molecule has 0 saturated heterocycles. The third-order valence-corrected chi connectivity index (χ3v) is 5.96. The SMILES string of the molecule is CCCC(C)(N)C(=O)Nc1ccc(Oc2ccccc2S(=O)(=O)CC)cc1. The largest absolute Gasteiger partial charge is 0.456 e. The lowest BCUT2D eigenvalue weighted by Crippen LogP contribution is -2.48. The fourth-order valence-electron chi connectivity index (χ4n) is 2.59. The van der Waals surface area contributed by atoms with E-state index < -0.39 is 15.4 Å². The van der Waals surface area contributed by atoms with Crippen molar-refractivity contribution in [2.75, 3.05) is 11.1 Å². The molecule has 146 valence electrons. The van der Waals surface area contributed by atoms with Crippen LogP contribution in [0.3, 0.4) is 0 Å². The van der Waals surface area contributed by atoms with Gasteiger partial charge in [-0.3, -0.25) is 4.79 Å². The van der Waals surface area contributed by atoms with Gasteiger partial charge in [-0.2, -0.15) is 0 Å². The Balaban J connectivity index is 2.15. The molecule has 0 aliphatic heterocycles. The average Bonchev–Trinajstić information content (AvgIpc) is 2.63. The number of para-hydroxylation sites is 1. The molecule has 2 rings (SSSR count). The lowest BCUT2D eigenvalue weighted by Gasteiger charge is -2.22. The van der Waals surface area contributed by atoms with Crippen LogP contribution in [-0.2, 0) is 14.6 Å². The summed E-state index contributed by atoms with van der Waals surface area (Å²) in [4.78, 5) is 12.4. The van der Waals surface area contributed by atoms with E-state index in [1.165, 1.54) is 6.07 Å². The maximum atomic E-state index is 12.3. The second-order valence-corrected chi connectivity index (χ2v) is 8.84. The number of rotatable bonds is 8. The van der Waals surface area contributed by atoms with Gasteiger partial charge in [0.2, 0.25) is 5.91 Å². The standard InChI is InChI=1S/C20H26N2O4S/c1-4-14-20(3,21)19(23)22-15-10-12-16(13-11-15)26-17-8-6-7-9-18(17)27(24,25)5-2/h6-13H,4-5,14,21H2,1-3H3,(H,22,23). The molecule has 0 aliphatic carbocycles. The molecule has 2 aromatic carbocycles. The highest BCUT2D eigenvalue weighted by Crippen LogP contribution is 2.30. The Morgan fingerprint density at radius 3 is 2.33 bits per heavy atom. The van der Waals surface area contributed by atoms with Gasteiger partial charge in [-0.1, -0.05) is 32.4 Å². The highest BCUT2D eigenvalue weighted by molar-refractivity contribution is 7.91. The van der Waals surface area contributed by atoms with Crippen LogP contribution < -0.4 is 15.8 Å². The van der Waals surface area contributed by atoms with Crippen LogP contribution >= 0.6 is 0 Å². The highest BCUT2D eigenvalue weighted by Gasteiger charge is 2.27. The third kappa shape index (κ3) is 5.30. The van der Waals surface area contributed by atoms with Gasteiger partial charge >= 0.3 is 0 Å². The molecule has 7 heteroatoms. The molecule has 1 unspecified atom stereocenters. The number of ether oxygens (including phenoxy) is 1. The van der Waals surface area contributed by atoms with Crippen LogP contribution in [0.2, 0.25) is 0 Å². The van der Waals surface area contributed by atoms with E-state index in [0.717, 1.165) is 6.42 Å². The number of carbonyl (C=O) groups is 1. The Morgan fingerprint density at radius 2 is 1.74 bits per heavy atom. The molecule has 0 aromatic heterocycles. The van der Waals surface area contributed by atoms with Crippen molar-refractivity contribution in [3.63, 3.8) is 0 Å².